The molecule has 0 saturated carbocycles. The third-order valence-electron chi connectivity index (χ3n) is 4.69. The van der Waals surface area contributed by atoms with Gasteiger partial charge in [0.2, 0.25) is 5.91 Å². The molecule has 1 aliphatic rings. The molecule has 150 valence electrons. The molecule has 3 rings (SSSR count). The summed E-state index contributed by atoms with van der Waals surface area (Å²) in [5, 5.41) is 3.56. The lowest BCUT2D eigenvalue weighted by molar-refractivity contribution is -0.113. The van der Waals surface area contributed by atoms with Crippen molar-refractivity contribution in [3.63, 3.8) is 0 Å². The molecular formula is C20H26N4O3S. The number of hydrogen-bond donors (Lipinski definition) is 1. The molecule has 7 nitrogen and oxygen atoms in total. The minimum Gasteiger partial charge on any atom is -0.497 e. The van der Waals surface area contributed by atoms with Crippen molar-refractivity contribution in [2.75, 3.05) is 38.8 Å². The van der Waals surface area contributed by atoms with Crippen LogP contribution >= 0.6 is 11.8 Å². The Morgan fingerprint density at radius 3 is 2.71 bits per heavy atom. The summed E-state index contributed by atoms with van der Waals surface area (Å²) in [5.74, 6) is 0.828. The minimum atomic E-state index is -0.222. The molecular weight excluding hydrogens is 376 g/mol. The van der Waals surface area contributed by atoms with Gasteiger partial charge in [-0.15, -0.1) is 0 Å². The molecule has 0 spiro atoms. The van der Waals surface area contributed by atoms with Crippen LogP contribution in [-0.2, 0) is 24.2 Å². The number of carbonyl (C=O) groups excluding carboxylic acids is 1. The Morgan fingerprint density at radius 1 is 1.29 bits per heavy atom. The standard InChI is InChI=1S/C20H26N4O3S/c1-23(2)11-12-24-17-6-4-5-16(17)19(22-20(24)26)28-13-18(25)21-14-7-9-15(27-3)10-8-14/h7-10H,4-6,11-13H2,1-3H3,(H,21,25). The number of aromatic nitrogens is 2. The maximum absolute atomic E-state index is 12.5. The highest BCUT2D eigenvalue weighted by Gasteiger charge is 2.22. The van der Waals surface area contributed by atoms with Gasteiger partial charge in [0, 0.05) is 30.0 Å². The number of benzene rings is 1. The second-order valence-corrected chi connectivity index (χ2v) is 7.96. The molecule has 1 amide bonds. The summed E-state index contributed by atoms with van der Waals surface area (Å²) < 4.78 is 6.91. The van der Waals surface area contributed by atoms with E-state index in [0.29, 0.717) is 17.3 Å². The van der Waals surface area contributed by atoms with Crippen molar-refractivity contribution in [2.45, 2.75) is 30.8 Å². The number of amides is 1. The van der Waals surface area contributed by atoms with Crippen LogP contribution in [-0.4, -0.2) is 53.9 Å². The zero-order valence-electron chi connectivity index (χ0n) is 16.5. The summed E-state index contributed by atoms with van der Waals surface area (Å²) in [6.45, 7) is 1.44. The van der Waals surface area contributed by atoms with Gasteiger partial charge in [0.05, 0.1) is 12.9 Å². The molecule has 1 N–H and O–H groups in total. The van der Waals surface area contributed by atoms with Crippen LogP contribution in [0.3, 0.4) is 0 Å². The fourth-order valence-corrected chi connectivity index (χ4v) is 4.12. The van der Waals surface area contributed by atoms with Crippen LogP contribution < -0.4 is 15.7 Å². The SMILES string of the molecule is COc1ccc(NC(=O)CSc2nc(=O)n(CCN(C)C)c3c2CCC3)cc1. The number of carbonyl (C=O) groups is 1. The third-order valence-corrected chi connectivity index (χ3v) is 5.70. The molecule has 1 heterocycles. The van der Waals surface area contributed by atoms with Crippen molar-refractivity contribution < 1.29 is 9.53 Å². The predicted octanol–water partition coefficient (Wildman–Crippen LogP) is 2.03. The lowest BCUT2D eigenvalue weighted by Crippen LogP contribution is -2.31. The van der Waals surface area contributed by atoms with E-state index in [-0.39, 0.29) is 17.3 Å². The monoisotopic (exact) mass is 402 g/mol. The number of fused-ring (bicyclic) bond motifs is 1. The quantitative estimate of drug-likeness (QED) is 0.538. The van der Waals surface area contributed by atoms with E-state index < -0.39 is 0 Å². The second kappa shape index (κ2) is 9.25. The molecule has 2 aromatic rings. The highest BCUT2D eigenvalue weighted by atomic mass is 32.2. The fraction of sp³-hybridized carbons (Fsp3) is 0.450. The summed E-state index contributed by atoms with van der Waals surface area (Å²) in [7, 11) is 5.58. The fourth-order valence-electron chi connectivity index (χ4n) is 3.24. The largest absolute Gasteiger partial charge is 0.497 e. The van der Waals surface area contributed by atoms with Crippen molar-refractivity contribution in [3.05, 3.63) is 46.0 Å². The number of methoxy groups -OCH3 is 1. The van der Waals surface area contributed by atoms with E-state index in [1.54, 1.807) is 35.9 Å². The molecule has 8 heteroatoms. The first-order chi connectivity index (χ1) is 13.5. The minimum absolute atomic E-state index is 0.125. The average Bonchev–Trinajstić information content (AvgIpc) is 3.15. The van der Waals surface area contributed by atoms with Crippen LogP contribution in [0.1, 0.15) is 17.7 Å². The van der Waals surface area contributed by atoms with E-state index in [4.69, 9.17) is 4.74 Å². The van der Waals surface area contributed by atoms with Crippen LogP contribution in [0.15, 0.2) is 34.1 Å². The Kier molecular flexibility index (Phi) is 6.74. The van der Waals surface area contributed by atoms with Gasteiger partial charge >= 0.3 is 5.69 Å². The molecule has 0 bridgehead atoms. The number of likely N-dealkylation sites (N-methyl/N-ethyl adjacent to an activating group) is 1. The highest BCUT2D eigenvalue weighted by molar-refractivity contribution is 8.00. The van der Waals surface area contributed by atoms with Gasteiger partial charge in [-0.25, -0.2) is 4.79 Å². The Bertz CT molecular complexity index is 894. The number of hydrogen-bond acceptors (Lipinski definition) is 6. The first kappa shape index (κ1) is 20.4. The summed E-state index contributed by atoms with van der Waals surface area (Å²) in [6, 6.07) is 7.18. The molecule has 0 aliphatic heterocycles. The number of ether oxygens (including phenoxy) is 1. The number of nitrogens with one attached hydrogen (secondary N) is 1. The zero-order chi connectivity index (χ0) is 20.1. The molecule has 1 aromatic heterocycles. The zero-order valence-corrected chi connectivity index (χ0v) is 17.3. The van der Waals surface area contributed by atoms with Gasteiger partial charge in [-0.3, -0.25) is 9.36 Å². The molecule has 0 fully saturated rings. The number of rotatable bonds is 8. The molecule has 0 radical (unpaired) electrons. The second-order valence-electron chi connectivity index (χ2n) is 7.00. The lowest BCUT2D eigenvalue weighted by Gasteiger charge is -2.16. The van der Waals surface area contributed by atoms with Crippen LogP contribution in [0.25, 0.3) is 0 Å². The normalized spacial score (nSPS) is 12.9. The maximum Gasteiger partial charge on any atom is 0.348 e. The molecule has 0 saturated heterocycles. The molecule has 1 aliphatic carbocycles. The summed E-state index contributed by atoms with van der Waals surface area (Å²) in [5.41, 5.74) is 2.70. The van der Waals surface area contributed by atoms with Crippen LogP contribution in [0, 0.1) is 0 Å². The van der Waals surface area contributed by atoms with E-state index in [1.165, 1.54) is 11.8 Å². The molecule has 28 heavy (non-hydrogen) atoms. The smallest absolute Gasteiger partial charge is 0.348 e. The summed E-state index contributed by atoms with van der Waals surface area (Å²) in [6.07, 6.45) is 2.83. The van der Waals surface area contributed by atoms with Gasteiger partial charge in [0.25, 0.3) is 0 Å². The summed E-state index contributed by atoms with van der Waals surface area (Å²) >= 11 is 1.34. The van der Waals surface area contributed by atoms with Gasteiger partial charge in [0.15, 0.2) is 0 Å². The number of thioether (sulfide) groups is 1. The van der Waals surface area contributed by atoms with Crippen molar-refractivity contribution in [2.24, 2.45) is 0 Å². The van der Waals surface area contributed by atoms with Gasteiger partial charge in [-0.1, -0.05) is 11.8 Å². The van der Waals surface area contributed by atoms with E-state index in [1.807, 2.05) is 14.1 Å². The van der Waals surface area contributed by atoms with Gasteiger partial charge in [-0.2, -0.15) is 4.98 Å². The van der Waals surface area contributed by atoms with Crippen LogP contribution in [0.4, 0.5) is 5.69 Å². The lowest BCUT2D eigenvalue weighted by atomic mass is 10.2. The summed E-state index contributed by atoms with van der Waals surface area (Å²) in [4.78, 5) is 31.1. The van der Waals surface area contributed by atoms with Gasteiger partial charge < -0.3 is 15.0 Å². The van der Waals surface area contributed by atoms with Crippen LogP contribution in [0.5, 0.6) is 5.75 Å². The van der Waals surface area contributed by atoms with Gasteiger partial charge in [0.1, 0.15) is 10.8 Å². The average molecular weight is 403 g/mol. The van der Waals surface area contributed by atoms with E-state index in [9.17, 15) is 9.59 Å². The van der Waals surface area contributed by atoms with E-state index >= 15 is 0 Å². The highest BCUT2D eigenvalue weighted by Crippen LogP contribution is 2.29. The maximum atomic E-state index is 12.5. The Hall–Kier alpha value is -2.32. The Balaban J connectivity index is 1.67. The van der Waals surface area contributed by atoms with Crippen LogP contribution in [0.2, 0.25) is 0 Å². The first-order valence-corrected chi connectivity index (χ1v) is 10.3. The van der Waals surface area contributed by atoms with Gasteiger partial charge in [-0.05, 0) is 57.6 Å². The molecule has 1 aromatic carbocycles. The van der Waals surface area contributed by atoms with Crippen molar-refractivity contribution in [3.8, 4) is 5.75 Å². The molecule has 0 atom stereocenters. The Labute approximate surface area is 169 Å². The van der Waals surface area contributed by atoms with Crippen molar-refractivity contribution >= 4 is 23.4 Å². The Morgan fingerprint density at radius 2 is 2.04 bits per heavy atom. The number of anilines is 1. The van der Waals surface area contributed by atoms with E-state index in [2.05, 4.69) is 15.2 Å². The van der Waals surface area contributed by atoms with Crippen molar-refractivity contribution in [1.82, 2.24) is 14.5 Å². The van der Waals surface area contributed by atoms with E-state index in [0.717, 1.165) is 42.8 Å². The van der Waals surface area contributed by atoms with Crippen molar-refractivity contribution in [1.29, 1.82) is 0 Å². The molecule has 0 unspecified atom stereocenters. The topological polar surface area (TPSA) is 76.5 Å². The first-order valence-electron chi connectivity index (χ1n) is 9.32. The number of nitrogens with zero attached hydrogens (tertiary/aromatic N) is 3. The predicted molar refractivity (Wildman–Crippen MR) is 111 cm³/mol. The third kappa shape index (κ3) is 4.94.